The van der Waals surface area contributed by atoms with E-state index in [9.17, 15) is 8.78 Å². The van der Waals surface area contributed by atoms with E-state index >= 15 is 0 Å². The number of aryl methyl sites for hydroxylation is 2. The van der Waals surface area contributed by atoms with Gasteiger partial charge >= 0.3 is 0 Å². The van der Waals surface area contributed by atoms with Crippen LogP contribution < -0.4 is 0 Å². The highest BCUT2D eigenvalue weighted by molar-refractivity contribution is 5.18. The SMILES string of the molecule is Cc1nnc2n1CCC(N(C)Cc1cc(F)ccc1F)CC2. The number of fused-ring (bicyclic) bond motifs is 1. The molecule has 4 nitrogen and oxygen atoms in total. The summed E-state index contributed by atoms with van der Waals surface area (Å²) >= 11 is 0. The lowest BCUT2D eigenvalue weighted by molar-refractivity contribution is 0.207. The Hall–Kier alpha value is -1.82. The van der Waals surface area contributed by atoms with Gasteiger partial charge in [0, 0.05) is 31.1 Å². The van der Waals surface area contributed by atoms with Crippen LogP contribution in [0.4, 0.5) is 8.78 Å². The molecule has 1 aromatic carbocycles. The maximum atomic E-state index is 13.8. The largest absolute Gasteiger partial charge is 0.315 e. The Morgan fingerprint density at radius 1 is 1.27 bits per heavy atom. The molecule has 2 aromatic rings. The van der Waals surface area contributed by atoms with Crippen LogP contribution in [0.3, 0.4) is 0 Å². The van der Waals surface area contributed by atoms with Crippen molar-refractivity contribution in [3.05, 3.63) is 47.0 Å². The number of nitrogens with zero attached hydrogens (tertiary/aromatic N) is 4. The summed E-state index contributed by atoms with van der Waals surface area (Å²) in [5.74, 6) is 1.21. The van der Waals surface area contributed by atoms with Crippen LogP contribution in [0, 0.1) is 18.6 Å². The predicted octanol–water partition coefficient (Wildman–Crippen LogP) is 2.70. The van der Waals surface area contributed by atoms with Gasteiger partial charge in [-0.05, 0) is 45.0 Å². The van der Waals surface area contributed by atoms with Gasteiger partial charge in [-0.3, -0.25) is 4.90 Å². The van der Waals surface area contributed by atoms with E-state index in [1.54, 1.807) is 0 Å². The van der Waals surface area contributed by atoms with Crippen LogP contribution in [0.15, 0.2) is 18.2 Å². The van der Waals surface area contributed by atoms with Gasteiger partial charge in [0.2, 0.25) is 0 Å². The molecular weight excluding hydrogens is 286 g/mol. The van der Waals surface area contributed by atoms with Crippen molar-refractivity contribution < 1.29 is 8.78 Å². The summed E-state index contributed by atoms with van der Waals surface area (Å²) in [4.78, 5) is 2.10. The zero-order valence-electron chi connectivity index (χ0n) is 12.9. The maximum Gasteiger partial charge on any atom is 0.133 e. The lowest BCUT2D eigenvalue weighted by Crippen LogP contribution is -2.32. The van der Waals surface area contributed by atoms with Gasteiger partial charge in [-0.1, -0.05) is 0 Å². The summed E-state index contributed by atoms with van der Waals surface area (Å²) in [5.41, 5.74) is 0.405. The first kappa shape index (κ1) is 15.1. The van der Waals surface area contributed by atoms with E-state index in [1.165, 1.54) is 12.1 Å². The molecule has 0 radical (unpaired) electrons. The Morgan fingerprint density at radius 2 is 2.09 bits per heavy atom. The van der Waals surface area contributed by atoms with Crippen LogP contribution in [0.5, 0.6) is 0 Å². The zero-order chi connectivity index (χ0) is 15.7. The number of hydrogen-bond acceptors (Lipinski definition) is 3. The highest BCUT2D eigenvalue weighted by Gasteiger charge is 2.22. The molecule has 1 aliphatic heterocycles. The minimum Gasteiger partial charge on any atom is -0.315 e. The molecule has 0 fully saturated rings. The van der Waals surface area contributed by atoms with Crippen molar-refractivity contribution in [3.63, 3.8) is 0 Å². The first-order valence-corrected chi connectivity index (χ1v) is 7.57. The van der Waals surface area contributed by atoms with E-state index < -0.39 is 5.82 Å². The average molecular weight is 306 g/mol. The van der Waals surface area contributed by atoms with E-state index in [2.05, 4.69) is 19.7 Å². The molecule has 0 saturated carbocycles. The highest BCUT2D eigenvalue weighted by atomic mass is 19.1. The Kier molecular flexibility index (Phi) is 4.20. The normalized spacial score (nSPS) is 18.3. The lowest BCUT2D eigenvalue weighted by atomic mass is 10.1. The minimum atomic E-state index is -0.396. The van der Waals surface area contributed by atoms with Crippen molar-refractivity contribution in [1.29, 1.82) is 0 Å². The van der Waals surface area contributed by atoms with E-state index in [0.717, 1.165) is 43.5 Å². The molecule has 0 saturated heterocycles. The molecule has 1 aliphatic rings. The van der Waals surface area contributed by atoms with Crippen LogP contribution in [0.25, 0.3) is 0 Å². The summed E-state index contributed by atoms with van der Waals surface area (Å²) in [6.45, 7) is 3.24. The summed E-state index contributed by atoms with van der Waals surface area (Å²) in [6.07, 6.45) is 2.77. The summed E-state index contributed by atoms with van der Waals surface area (Å²) in [6, 6.07) is 3.95. The summed E-state index contributed by atoms with van der Waals surface area (Å²) < 4.78 is 29.2. The van der Waals surface area contributed by atoms with Gasteiger partial charge in [-0.25, -0.2) is 8.78 Å². The Bertz CT molecular complexity index is 668. The van der Waals surface area contributed by atoms with Crippen molar-refractivity contribution in [3.8, 4) is 0 Å². The molecule has 0 aliphatic carbocycles. The fraction of sp³-hybridized carbons (Fsp3) is 0.500. The van der Waals surface area contributed by atoms with E-state index in [0.29, 0.717) is 18.2 Å². The van der Waals surface area contributed by atoms with Crippen LogP contribution in [-0.2, 0) is 19.5 Å². The van der Waals surface area contributed by atoms with Crippen LogP contribution >= 0.6 is 0 Å². The van der Waals surface area contributed by atoms with Gasteiger partial charge in [0.1, 0.15) is 23.3 Å². The van der Waals surface area contributed by atoms with Gasteiger partial charge < -0.3 is 4.57 Å². The smallest absolute Gasteiger partial charge is 0.133 e. The van der Waals surface area contributed by atoms with Crippen molar-refractivity contribution in [2.24, 2.45) is 0 Å². The third-order valence-electron chi connectivity index (χ3n) is 4.45. The molecule has 0 amide bonds. The second-order valence-corrected chi connectivity index (χ2v) is 5.95. The second-order valence-electron chi connectivity index (χ2n) is 5.95. The Labute approximate surface area is 128 Å². The molecule has 0 spiro atoms. The average Bonchev–Trinajstić information content (AvgIpc) is 2.72. The van der Waals surface area contributed by atoms with Crippen LogP contribution in [0.2, 0.25) is 0 Å². The van der Waals surface area contributed by atoms with Crippen molar-refractivity contribution >= 4 is 0 Å². The van der Waals surface area contributed by atoms with Crippen molar-refractivity contribution in [2.75, 3.05) is 7.05 Å². The molecular formula is C16H20F2N4. The van der Waals surface area contributed by atoms with Gasteiger partial charge in [0.05, 0.1) is 0 Å². The summed E-state index contributed by atoms with van der Waals surface area (Å²) in [7, 11) is 1.97. The number of hydrogen-bond donors (Lipinski definition) is 0. The number of aromatic nitrogens is 3. The maximum absolute atomic E-state index is 13.8. The number of rotatable bonds is 3. The molecule has 0 N–H and O–H groups in total. The van der Waals surface area contributed by atoms with Crippen molar-refractivity contribution in [1.82, 2.24) is 19.7 Å². The molecule has 1 aromatic heterocycles. The highest BCUT2D eigenvalue weighted by Crippen LogP contribution is 2.21. The molecule has 118 valence electrons. The first-order chi connectivity index (χ1) is 10.5. The lowest BCUT2D eigenvalue weighted by Gasteiger charge is -2.27. The topological polar surface area (TPSA) is 34.0 Å². The van der Waals surface area contributed by atoms with Crippen LogP contribution in [0.1, 0.15) is 30.1 Å². The molecule has 0 bridgehead atoms. The zero-order valence-corrected chi connectivity index (χ0v) is 12.9. The molecule has 22 heavy (non-hydrogen) atoms. The fourth-order valence-corrected chi connectivity index (χ4v) is 3.12. The minimum absolute atomic E-state index is 0.323. The first-order valence-electron chi connectivity index (χ1n) is 7.57. The van der Waals surface area contributed by atoms with E-state index in [4.69, 9.17) is 0 Å². The monoisotopic (exact) mass is 306 g/mol. The molecule has 1 unspecified atom stereocenters. The van der Waals surface area contributed by atoms with Crippen molar-refractivity contribution in [2.45, 2.75) is 45.3 Å². The number of benzene rings is 1. The van der Waals surface area contributed by atoms with Gasteiger partial charge in [-0.2, -0.15) is 0 Å². The number of halogens is 2. The third-order valence-corrected chi connectivity index (χ3v) is 4.45. The molecule has 2 heterocycles. The van der Waals surface area contributed by atoms with E-state index in [-0.39, 0.29) is 5.82 Å². The summed E-state index contributed by atoms with van der Waals surface area (Å²) in [5, 5.41) is 8.31. The van der Waals surface area contributed by atoms with E-state index in [1.807, 2.05) is 14.0 Å². The second kappa shape index (κ2) is 6.12. The van der Waals surface area contributed by atoms with Gasteiger partial charge in [-0.15, -0.1) is 10.2 Å². The molecule has 6 heteroatoms. The standard InChI is InChI=1S/C16H20F2N4/c1-11-19-20-16-6-4-14(7-8-22(11)16)21(2)10-12-9-13(17)3-5-15(12)18/h3,5,9,14H,4,6-8,10H2,1-2H3. The van der Waals surface area contributed by atoms with Gasteiger partial charge in [0.25, 0.3) is 0 Å². The van der Waals surface area contributed by atoms with Crippen LogP contribution in [-0.4, -0.2) is 32.8 Å². The van der Waals surface area contributed by atoms with Gasteiger partial charge in [0.15, 0.2) is 0 Å². The fourth-order valence-electron chi connectivity index (χ4n) is 3.12. The molecule has 3 rings (SSSR count). The Balaban J connectivity index is 1.68. The molecule has 1 atom stereocenters. The quantitative estimate of drug-likeness (QED) is 0.874. The predicted molar refractivity (Wildman–Crippen MR) is 79.3 cm³/mol. The Morgan fingerprint density at radius 3 is 2.91 bits per heavy atom. The third kappa shape index (κ3) is 3.02.